The highest BCUT2D eigenvalue weighted by molar-refractivity contribution is 7.99. The van der Waals surface area contributed by atoms with Crippen molar-refractivity contribution in [2.75, 3.05) is 18.8 Å². The van der Waals surface area contributed by atoms with Crippen LogP contribution in [0.2, 0.25) is 0 Å². The van der Waals surface area contributed by atoms with E-state index in [4.69, 9.17) is 0 Å². The number of carbonyl (C=O) groups excluding carboxylic acids is 1. The summed E-state index contributed by atoms with van der Waals surface area (Å²) < 4.78 is 13.9. The Morgan fingerprint density at radius 1 is 1.26 bits per heavy atom. The van der Waals surface area contributed by atoms with E-state index in [1.165, 1.54) is 18.2 Å². The molecule has 2 heterocycles. The molecule has 7 heteroatoms. The lowest BCUT2D eigenvalue weighted by Crippen LogP contribution is -2.34. The third-order valence-corrected chi connectivity index (χ3v) is 5.09. The van der Waals surface area contributed by atoms with Gasteiger partial charge in [0.15, 0.2) is 0 Å². The number of thioether (sulfide) groups is 1. The average Bonchev–Trinajstić information content (AvgIpc) is 2.81. The van der Waals surface area contributed by atoms with E-state index in [9.17, 15) is 14.0 Å². The summed E-state index contributed by atoms with van der Waals surface area (Å²) in [5.41, 5.74) is 0.570. The standard InChI is InChI=1S/C16H16FN3O2S/c17-12-4-2-1-3-11(12)14-7-8-20(9-10-23-14)16(22)13-5-6-15(21)19-18-13/h1-6,14H,7-10H2,(H,19,21)/t14-/m0/s1. The Morgan fingerprint density at radius 2 is 2.09 bits per heavy atom. The molecule has 1 fully saturated rings. The van der Waals surface area contributed by atoms with Crippen molar-refractivity contribution < 1.29 is 9.18 Å². The summed E-state index contributed by atoms with van der Waals surface area (Å²) >= 11 is 1.66. The highest BCUT2D eigenvalue weighted by atomic mass is 32.2. The van der Waals surface area contributed by atoms with Crippen LogP contribution in [-0.2, 0) is 0 Å². The second-order valence-corrected chi connectivity index (χ2v) is 6.58. The van der Waals surface area contributed by atoms with Crippen molar-refractivity contribution >= 4 is 17.7 Å². The van der Waals surface area contributed by atoms with E-state index < -0.39 is 0 Å². The van der Waals surface area contributed by atoms with Crippen molar-refractivity contribution in [3.63, 3.8) is 0 Å². The molecule has 1 atom stereocenters. The smallest absolute Gasteiger partial charge is 0.274 e. The van der Waals surface area contributed by atoms with Gasteiger partial charge in [-0.3, -0.25) is 9.59 Å². The molecule has 0 aliphatic carbocycles. The fourth-order valence-corrected chi connectivity index (χ4v) is 3.84. The van der Waals surface area contributed by atoms with Gasteiger partial charge < -0.3 is 4.90 Å². The quantitative estimate of drug-likeness (QED) is 0.915. The van der Waals surface area contributed by atoms with Gasteiger partial charge in [0.05, 0.1) is 0 Å². The first kappa shape index (κ1) is 15.7. The van der Waals surface area contributed by atoms with Gasteiger partial charge in [0, 0.05) is 35.7 Å². The van der Waals surface area contributed by atoms with Crippen molar-refractivity contribution in [2.45, 2.75) is 11.7 Å². The molecule has 120 valence electrons. The molecule has 1 N–H and O–H groups in total. The third-order valence-electron chi connectivity index (χ3n) is 3.78. The molecule has 3 rings (SSSR count). The Labute approximate surface area is 136 Å². The molecule has 23 heavy (non-hydrogen) atoms. The van der Waals surface area contributed by atoms with E-state index in [-0.39, 0.29) is 28.2 Å². The zero-order valence-electron chi connectivity index (χ0n) is 12.4. The Bertz CT molecular complexity index is 744. The zero-order chi connectivity index (χ0) is 16.2. The number of nitrogens with zero attached hydrogens (tertiary/aromatic N) is 2. The van der Waals surface area contributed by atoms with Crippen LogP contribution in [0.5, 0.6) is 0 Å². The molecule has 0 saturated carbocycles. The average molecular weight is 333 g/mol. The van der Waals surface area contributed by atoms with E-state index >= 15 is 0 Å². The SMILES string of the molecule is O=C(c1ccc(=O)[nH]n1)N1CCS[C@H](c2ccccc2F)CC1. The maximum Gasteiger partial charge on any atom is 0.274 e. The predicted octanol–water partition coefficient (Wildman–Crippen LogP) is 2.23. The first-order valence-electron chi connectivity index (χ1n) is 7.36. The molecular weight excluding hydrogens is 317 g/mol. The lowest BCUT2D eigenvalue weighted by Gasteiger charge is -2.19. The second kappa shape index (κ2) is 6.95. The van der Waals surface area contributed by atoms with Gasteiger partial charge >= 0.3 is 0 Å². The van der Waals surface area contributed by atoms with Crippen molar-refractivity contribution in [3.05, 3.63) is 63.8 Å². The number of hydrogen-bond acceptors (Lipinski definition) is 4. The van der Waals surface area contributed by atoms with Gasteiger partial charge in [0.25, 0.3) is 11.5 Å². The minimum atomic E-state index is -0.340. The fourth-order valence-electron chi connectivity index (χ4n) is 2.58. The van der Waals surface area contributed by atoms with Crippen LogP contribution in [0, 0.1) is 5.82 Å². The minimum Gasteiger partial charge on any atom is -0.336 e. The Hall–Kier alpha value is -2.15. The number of benzene rings is 1. The number of nitrogens with one attached hydrogen (secondary N) is 1. The van der Waals surface area contributed by atoms with Crippen LogP contribution in [-0.4, -0.2) is 39.8 Å². The maximum absolute atomic E-state index is 13.9. The Morgan fingerprint density at radius 3 is 2.83 bits per heavy atom. The lowest BCUT2D eigenvalue weighted by atomic mass is 10.1. The third kappa shape index (κ3) is 3.61. The van der Waals surface area contributed by atoms with Crippen LogP contribution in [0.1, 0.15) is 27.7 Å². The molecule has 1 aromatic carbocycles. The largest absolute Gasteiger partial charge is 0.336 e. The number of amides is 1. The van der Waals surface area contributed by atoms with Crippen LogP contribution in [0.4, 0.5) is 4.39 Å². The topological polar surface area (TPSA) is 66.1 Å². The molecule has 0 spiro atoms. The normalized spacial score (nSPS) is 18.5. The highest BCUT2D eigenvalue weighted by Crippen LogP contribution is 2.35. The molecule has 1 aliphatic rings. The van der Waals surface area contributed by atoms with E-state index in [1.54, 1.807) is 28.8 Å². The number of hydrogen-bond donors (Lipinski definition) is 1. The van der Waals surface area contributed by atoms with Crippen LogP contribution >= 0.6 is 11.8 Å². The maximum atomic E-state index is 13.9. The van der Waals surface area contributed by atoms with Crippen molar-refractivity contribution in [3.8, 4) is 0 Å². The zero-order valence-corrected chi connectivity index (χ0v) is 13.2. The molecule has 1 aromatic heterocycles. The predicted molar refractivity (Wildman–Crippen MR) is 87.0 cm³/mol. The lowest BCUT2D eigenvalue weighted by molar-refractivity contribution is 0.0759. The highest BCUT2D eigenvalue weighted by Gasteiger charge is 2.24. The molecule has 0 unspecified atom stereocenters. The first-order chi connectivity index (χ1) is 11.1. The number of H-pyrrole nitrogens is 1. The van der Waals surface area contributed by atoms with Crippen LogP contribution in [0.15, 0.2) is 41.2 Å². The number of halogens is 1. The van der Waals surface area contributed by atoms with Gasteiger partial charge in [-0.2, -0.15) is 16.9 Å². The Kier molecular flexibility index (Phi) is 4.76. The van der Waals surface area contributed by atoms with Gasteiger partial charge in [-0.05, 0) is 18.6 Å². The fraction of sp³-hybridized carbons (Fsp3) is 0.312. The van der Waals surface area contributed by atoms with E-state index in [2.05, 4.69) is 10.2 Å². The molecule has 1 saturated heterocycles. The number of rotatable bonds is 2. The summed E-state index contributed by atoms with van der Waals surface area (Å²) in [5, 5.41) is 6.09. The van der Waals surface area contributed by atoms with Crippen molar-refractivity contribution in [2.24, 2.45) is 0 Å². The minimum absolute atomic E-state index is 0.0394. The van der Waals surface area contributed by atoms with Crippen molar-refractivity contribution in [1.82, 2.24) is 15.1 Å². The number of carbonyl (C=O) groups is 1. The van der Waals surface area contributed by atoms with E-state index in [1.807, 2.05) is 6.07 Å². The van der Waals surface area contributed by atoms with E-state index in [0.717, 1.165) is 5.75 Å². The summed E-state index contributed by atoms with van der Waals surface area (Å²) in [6, 6.07) is 9.49. The second-order valence-electron chi connectivity index (χ2n) is 5.27. The monoisotopic (exact) mass is 333 g/mol. The van der Waals surface area contributed by atoms with Crippen LogP contribution in [0.25, 0.3) is 0 Å². The first-order valence-corrected chi connectivity index (χ1v) is 8.41. The summed E-state index contributed by atoms with van der Waals surface area (Å²) in [6.45, 7) is 1.11. The summed E-state index contributed by atoms with van der Waals surface area (Å²) in [7, 11) is 0. The molecule has 5 nitrogen and oxygen atoms in total. The molecule has 1 aliphatic heterocycles. The Balaban J connectivity index is 1.71. The summed E-state index contributed by atoms with van der Waals surface area (Å²) in [6.07, 6.45) is 0.681. The molecule has 1 amide bonds. The van der Waals surface area contributed by atoms with Crippen LogP contribution < -0.4 is 5.56 Å². The van der Waals surface area contributed by atoms with Crippen molar-refractivity contribution in [1.29, 1.82) is 0 Å². The number of aromatic nitrogens is 2. The van der Waals surface area contributed by atoms with Gasteiger partial charge in [0.2, 0.25) is 0 Å². The van der Waals surface area contributed by atoms with Gasteiger partial charge in [0.1, 0.15) is 11.5 Å². The molecule has 0 bridgehead atoms. The molecule has 2 aromatic rings. The van der Waals surface area contributed by atoms with Gasteiger partial charge in [-0.15, -0.1) is 0 Å². The summed E-state index contributed by atoms with van der Waals surface area (Å²) in [5.74, 6) is 0.316. The molecular formula is C16H16FN3O2S. The number of aromatic amines is 1. The van der Waals surface area contributed by atoms with Gasteiger partial charge in [-0.25, -0.2) is 9.49 Å². The molecule has 0 radical (unpaired) electrons. The van der Waals surface area contributed by atoms with Gasteiger partial charge in [-0.1, -0.05) is 18.2 Å². The summed E-state index contributed by atoms with van der Waals surface area (Å²) in [4.78, 5) is 25.2. The van der Waals surface area contributed by atoms with E-state index in [0.29, 0.717) is 25.1 Å². The van der Waals surface area contributed by atoms with Crippen LogP contribution in [0.3, 0.4) is 0 Å².